The lowest BCUT2D eigenvalue weighted by Crippen LogP contribution is -2.21. The van der Waals surface area contributed by atoms with Gasteiger partial charge in [-0.05, 0) is 37.0 Å². The van der Waals surface area contributed by atoms with Crippen LogP contribution < -0.4 is 5.32 Å². The van der Waals surface area contributed by atoms with Crippen molar-refractivity contribution in [2.24, 2.45) is 5.92 Å². The number of hydrogen-bond acceptors (Lipinski definition) is 3. The molecule has 1 saturated carbocycles. The highest BCUT2D eigenvalue weighted by Gasteiger charge is 2.36. The molecule has 1 fully saturated rings. The molecule has 1 aliphatic carbocycles. The van der Waals surface area contributed by atoms with Crippen LogP contribution in [0.15, 0.2) is 22.1 Å². The molecule has 0 saturated heterocycles. The molecule has 3 nitrogen and oxygen atoms in total. The van der Waals surface area contributed by atoms with Crippen molar-refractivity contribution in [3.63, 3.8) is 0 Å². The molecule has 1 heterocycles. The molecule has 1 aromatic heterocycles. The van der Waals surface area contributed by atoms with Crippen LogP contribution >= 0.6 is 0 Å². The summed E-state index contributed by atoms with van der Waals surface area (Å²) < 4.78 is 10.9. The van der Waals surface area contributed by atoms with E-state index in [1.165, 1.54) is 12.0 Å². The number of furan rings is 1. The monoisotopic (exact) mass is 263 g/mol. The maximum Gasteiger partial charge on any atom is 0.127 e. The van der Waals surface area contributed by atoms with Crippen LogP contribution in [0, 0.1) is 5.92 Å². The highest BCUT2D eigenvalue weighted by atomic mass is 16.5. The van der Waals surface area contributed by atoms with E-state index in [0.29, 0.717) is 5.92 Å². The Morgan fingerprint density at radius 1 is 1.53 bits per heavy atom. The molecule has 2 rings (SSSR count). The summed E-state index contributed by atoms with van der Waals surface area (Å²) in [7, 11) is 1.72. The number of rotatable bonds is 8. The number of nitrogens with one attached hydrogen (secondary N) is 1. The Morgan fingerprint density at radius 3 is 2.95 bits per heavy atom. The lowest BCUT2D eigenvalue weighted by atomic mass is 10.1. The average molecular weight is 263 g/mol. The van der Waals surface area contributed by atoms with Crippen molar-refractivity contribution in [1.29, 1.82) is 0 Å². The lowest BCUT2D eigenvalue weighted by molar-refractivity contribution is 0.200. The molecule has 3 heteroatoms. The highest BCUT2D eigenvalue weighted by Crippen LogP contribution is 2.47. The molecule has 106 valence electrons. The quantitative estimate of drug-likeness (QED) is 0.730. The SMILES string of the molecule is CCC(=Cc1ccc(C2CC2C)o1)CNCCOC. The van der Waals surface area contributed by atoms with Crippen molar-refractivity contribution in [3.8, 4) is 0 Å². The maximum atomic E-state index is 5.91. The van der Waals surface area contributed by atoms with E-state index in [4.69, 9.17) is 9.15 Å². The van der Waals surface area contributed by atoms with Crippen molar-refractivity contribution < 1.29 is 9.15 Å². The first kappa shape index (κ1) is 14.4. The smallest absolute Gasteiger partial charge is 0.127 e. The highest BCUT2D eigenvalue weighted by molar-refractivity contribution is 5.48. The number of methoxy groups -OCH3 is 1. The van der Waals surface area contributed by atoms with Gasteiger partial charge in [-0.3, -0.25) is 0 Å². The van der Waals surface area contributed by atoms with Gasteiger partial charge in [0.15, 0.2) is 0 Å². The molecule has 1 aliphatic rings. The predicted octanol–water partition coefficient (Wildman–Crippen LogP) is 3.43. The van der Waals surface area contributed by atoms with Gasteiger partial charge in [0.1, 0.15) is 11.5 Å². The summed E-state index contributed by atoms with van der Waals surface area (Å²) >= 11 is 0. The Balaban J connectivity index is 1.88. The van der Waals surface area contributed by atoms with E-state index in [-0.39, 0.29) is 0 Å². The molecule has 1 N–H and O–H groups in total. The minimum absolute atomic E-state index is 0.659. The fraction of sp³-hybridized carbons (Fsp3) is 0.625. The summed E-state index contributed by atoms with van der Waals surface area (Å²) in [4.78, 5) is 0. The minimum Gasteiger partial charge on any atom is -0.461 e. The van der Waals surface area contributed by atoms with Crippen LogP contribution in [0.1, 0.15) is 44.1 Å². The van der Waals surface area contributed by atoms with Crippen molar-refractivity contribution in [3.05, 3.63) is 29.2 Å². The first-order chi connectivity index (χ1) is 9.24. The molecule has 0 aliphatic heterocycles. The summed E-state index contributed by atoms with van der Waals surface area (Å²) in [5.74, 6) is 3.59. The van der Waals surface area contributed by atoms with E-state index in [1.54, 1.807) is 7.11 Å². The second-order valence-corrected chi connectivity index (χ2v) is 5.39. The van der Waals surface area contributed by atoms with Gasteiger partial charge in [-0.15, -0.1) is 0 Å². The molecule has 0 bridgehead atoms. The van der Waals surface area contributed by atoms with Crippen LogP contribution in [0.4, 0.5) is 0 Å². The van der Waals surface area contributed by atoms with Gasteiger partial charge in [0, 0.05) is 26.1 Å². The molecule has 1 aromatic rings. The van der Waals surface area contributed by atoms with Crippen LogP contribution in [-0.2, 0) is 4.74 Å². The average Bonchev–Trinajstić information content (AvgIpc) is 2.97. The van der Waals surface area contributed by atoms with Crippen LogP contribution in [0.3, 0.4) is 0 Å². The van der Waals surface area contributed by atoms with Crippen LogP contribution in [0.25, 0.3) is 6.08 Å². The van der Waals surface area contributed by atoms with Gasteiger partial charge in [-0.1, -0.05) is 19.4 Å². The van der Waals surface area contributed by atoms with E-state index in [1.807, 2.05) is 0 Å². The van der Waals surface area contributed by atoms with E-state index in [2.05, 4.69) is 37.4 Å². The van der Waals surface area contributed by atoms with E-state index in [0.717, 1.165) is 43.6 Å². The van der Waals surface area contributed by atoms with Crippen molar-refractivity contribution >= 4 is 6.08 Å². The van der Waals surface area contributed by atoms with Crippen LogP contribution in [-0.4, -0.2) is 26.8 Å². The number of hydrogen-bond donors (Lipinski definition) is 1. The third-order valence-electron chi connectivity index (χ3n) is 3.76. The molecule has 2 unspecified atom stereocenters. The Morgan fingerprint density at radius 2 is 2.32 bits per heavy atom. The van der Waals surface area contributed by atoms with Gasteiger partial charge in [0.05, 0.1) is 6.61 Å². The van der Waals surface area contributed by atoms with E-state index >= 15 is 0 Å². The van der Waals surface area contributed by atoms with Gasteiger partial charge in [-0.2, -0.15) is 0 Å². The Hall–Kier alpha value is -1.06. The second kappa shape index (κ2) is 6.92. The summed E-state index contributed by atoms with van der Waals surface area (Å²) in [5, 5.41) is 3.37. The summed E-state index contributed by atoms with van der Waals surface area (Å²) in [6.07, 6.45) is 4.47. The second-order valence-electron chi connectivity index (χ2n) is 5.39. The minimum atomic E-state index is 0.659. The zero-order valence-electron chi connectivity index (χ0n) is 12.2. The zero-order valence-corrected chi connectivity index (χ0v) is 12.2. The summed E-state index contributed by atoms with van der Waals surface area (Å²) in [6.45, 7) is 6.99. The predicted molar refractivity (Wildman–Crippen MR) is 78.2 cm³/mol. The normalized spacial score (nSPS) is 22.8. The van der Waals surface area contributed by atoms with Gasteiger partial charge in [-0.25, -0.2) is 0 Å². The molecule has 0 aromatic carbocycles. The molecule has 2 atom stereocenters. The molecule has 0 amide bonds. The number of ether oxygens (including phenoxy) is 1. The Labute approximate surface area is 116 Å². The van der Waals surface area contributed by atoms with Crippen molar-refractivity contribution in [2.45, 2.75) is 32.6 Å². The zero-order chi connectivity index (χ0) is 13.7. The molecule has 19 heavy (non-hydrogen) atoms. The molecule has 0 radical (unpaired) electrons. The third-order valence-corrected chi connectivity index (χ3v) is 3.76. The largest absolute Gasteiger partial charge is 0.461 e. The first-order valence-corrected chi connectivity index (χ1v) is 7.23. The molecular formula is C16H25NO2. The molecular weight excluding hydrogens is 238 g/mol. The van der Waals surface area contributed by atoms with E-state index < -0.39 is 0 Å². The standard InChI is InChI=1S/C16H25NO2/c1-4-13(11-17-7-8-18-3)10-14-5-6-16(19-14)15-9-12(15)2/h5-6,10,12,15,17H,4,7-9,11H2,1-3H3. The van der Waals surface area contributed by atoms with Gasteiger partial charge in [0.2, 0.25) is 0 Å². The van der Waals surface area contributed by atoms with Gasteiger partial charge in [0.25, 0.3) is 0 Å². The van der Waals surface area contributed by atoms with Crippen molar-refractivity contribution in [1.82, 2.24) is 5.32 Å². The van der Waals surface area contributed by atoms with Gasteiger partial charge < -0.3 is 14.5 Å². The van der Waals surface area contributed by atoms with Gasteiger partial charge >= 0.3 is 0 Å². The van der Waals surface area contributed by atoms with E-state index in [9.17, 15) is 0 Å². The summed E-state index contributed by atoms with van der Waals surface area (Å²) in [6, 6.07) is 4.22. The lowest BCUT2D eigenvalue weighted by Gasteiger charge is -2.06. The van der Waals surface area contributed by atoms with Crippen LogP contribution in [0.2, 0.25) is 0 Å². The van der Waals surface area contributed by atoms with Crippen molar-refractivity contribution in [2.75, 3.05) is 26.8 Å². The fourth-order valence-electron chi connectivity index (χ4n) is 2.27. The van der Waals surface area contributed by atoms with Crippen LogP contribution in [0.5, 0.6) is 0 Å². The fourth-order valence-corrected chi connectivity index (χ4v) is 2.27. The third kappa shape index (κ3) is 4.22. The maximum absolute atomic E-state index is 5.91. The topological polar surface area (TPSA) is 34.4 Å². The summed E-state index contributed by atoms with van der Waals surface area (Å²) in [5.41, 5.74) is 1.36. The Bertz CT molecular complexity index is 422. The Kier molecular flexibility index (Phi) is 5.23. The molecule has 0 spiro atoms. The first-order valence-electron chi connectivity index (χ1n) is 7.23.